The largest absolute Gasteiger partial charge is 0.452 e. The summed E-state index contributed by atoms with van der Waals surface area (Å²) in [6.07, 6.45) is 2.20. The van der Waals surface area contributed by atoms with Gasteiger partial charge in [-0.05, 0) is 62.4 Å². The summed E-state index contributed by atoms with van der Waals surface area (Å²) in [6, 6.07) is 11.4. The fourth-order valence-electron chi connectivity index (χ4n) is 3.63. The SMILES string of the molecule is Cc1ccccc1N1C(=O)c2ccc(C(=O)OCC(=O)N[C@H](C)C3CC3)cc2C1=O. The van der Waals surface area contributed by atoms with Crippen molar-refractivity contribution in [3.63, 3.8) is 0 Å². The molecular weight excluding hydrogens is 384 g/mol. The Morgan fingerprint density at radius 1 is 1.10 bits per heavy atom. The van der Waals surface area contributed by atoms with E-state index in [1.54, 1.807) is 12.1 Å². The van der Waals surface area contributed by atoms with Gasteiger partial charge in [0.05, 0.1) is 22.4 Å². The smallest absolute Gasteiger partial charge is 0.338 e. The van der Waals surface area contributed by atoms with Crippen LogP contribution in [0, 0.1) is 12.8 Å². The average molecular weight is 406 g/mol. The standard InChI is InChI=1S/C23H22N2O5/c1-13-5-3-4-6-19(13)25-21(27)17-10-9-16(11-18(17)22(25)28)23(29)30-12-20(26)24-14(2)15-7-8-15/h3-6,9-11,14-15H,7-8,12H2,1-2H3,(H,24,26)/t14-/m1/s1. The first kappa shape index (κ1) is 19.8. The maximum absolute atomic E-state index is 12.9. The lowest BCUT2D eigenvalue weighted by Gasteiger charge is -2.16. The second-order valence-electron chi connectivity index (χ2n) is 7.76. The molecule has 1 aliphatic carbocycles. The zero-order valence-electron chi connectivity index (χ0n) is 16.8. The van der Waals surface area contributed by atoms with Gasteiger partial charge in [0.2, 0.25) is 0 Å². The minimum Gasteiger partial charge on any atom is -0.452 e. The Hall–Kier alpha value is -3.48. The van der Waals surface area contributed by atoms with Gasteiger partial charge in [0.25, 0.3) is 17.7 Å². The van der Waals surface area contributed by atoms with E-state index in [4.69, 9.17) is 4.74 Å². The molecule has 0 saturated heterocycles. The molecule has 1 atom stereocenters. The first-order valence-corrected chi connectivity index (χ1v) is 9.91. The summed E-state index contributed by atoms with van der Waals surface area (Å²) in [5, 5.41) is 2.81. The van der Waals surface area contributed by atoms with Gasteiger partial charge in [-0.15, -0.1) is 0 Å². The lowest BCUT2D eigenvalue weighted by molar-refractivity contribution is -0.125. The third-order valence-corrected chi connectivity index (χ3v) is 5.53. The summed E-state index contributed by atoms with van der Waals surface area (Å²) < 4.78 is 5.08. The topological polar surface area (TPSA) is 92.8 Å². The van der Waals surface area contributed by atoms with Gasteiger partial charge < -0.3 is 10.1 Å². The number of amides is 3. The molecular formula is C23H22N2O5. The number of nitrogens with one attached hydrogen (secondary N) is 1. The molecule has 1 N–H and O–H groups in total. The number of ether oxygens (including phenoxy) is 1. The van der Waals surface area contributed by atoms with Gasteiger partial charge in [-0.1, -0.05) is 18.2 Å². The van der Waals surface area contributed by atoms with Crippen LogP contribution in [0.5, 0.6) is 0 Å². The van der Waals surface area contributed by atoms with E-state index in [2.05, 4.69) is 5.32 Å². The highest BCUT2D eigenvalue weighted by atomic mass is 16.5. The van der Waals surface area contributed by atoms with Gasteiger partial charge >= 0.3 is 5.97 Å². The van der Waals surface area contributed by atoms with E-state index in [0.717, 1.165) is 23.3 Å². The zero-order valence-corrected chi connectivity index (χ0v) is 16.8. The number of esters is 1. The van der Waals surface area contributed by atoms with Crippen LogP contribution in [-0.4, -0.2) is 36.3 Å². The number of hydrogen-bond acceptors (Lipinski definition) is 5. The number of para-hydroxylation sites is 1. The Bertz CT molecular complexity index is 1060. The van der Waals surface area contributed by atoms with Crippen molar-refractivity contribution in [2.75, 3.05) is 11.5 Å². The van der Waals surface area contributed by atoms with E-state index in [1.165, 1.54) is 18.2 Å². The lowest BCUT2D eigenvalue weighted by Crippen LogP contribution is -2.37. The average Bonchev–Trinajstić information content (AvgIpc) is 3.55. The number of carbonyl (C=O) groups is 4. The Kier molecular flexibility index (Phi) is 5.11. The van der Waals surface area contributed by atoms with Crippen LogP contribution in [0.25, 0.3) is 0 Å². The van der Waals surface area contributed by atoms with Crippen LogP contribution >= 0.6 is 0 Å². The van der Waals surface area contributed by atoms with Gasteiger partial charge in [-0.3, -0.25) is 14.4 Å². The first-order chi connectivity index (χ1) is 14.4. The van der Waals surface area contributed by atoms with Crippen molar-refractivity contribution in [2.24, 2.45) is 5.92 Å². The van der Waals surface area contributed by atoms with E-state index in [0.29, 0.717) is 11.6 Å². The van der Waals surface area contributed by atoms with Crippen LogP contribution in [0.3, 0.4) is 0 Å². The minimum atomic E-state index is -0.721. The molecule has 154 valence electrons. The second kappa shape index (κ2) is 7.74. The molecule has 7 nitrogen and oxygen atoms in total. The molecule has 0 aromatic heterocycles. The molecule has 1 fully saturated rings. The number of anilines is 1. The van der Waals surface area contributed by atoms with Crippen LogP contribution in [0.15, 0.2) is 42.5 Å². The van der Waals surface area contributed by atoms with Crippen molar-refractivity contribution >= 4 is 29.4 Å². The number of nitrogens with zero attached hydrogens (tertiary/aromatic N) is 1. The summed E-state index contributed by atoms with van der Waals surface area (Å²) in [6.45, 7) is 3.35. The molecule has 1 saturated carbocycles. The minimum absolute atomic E-state index is 0.0623. The molecule has 0 radical (unpaired) electrons. The Balaban J connectivity index is 1.46. The van der Waals surface area contributed by atoms with Gasteiger partial charge in [0.15, 0.2) is 6.61 Å². The third-order valence-electron chi connectivity index (χ3n) is 5.53. The van der Waals surface area contributed by atoms with Crippen LogP contribution < -0.4 is 10.2 Å². The molecule has 4 rings (SSSR count). The number of benzene rings is 2. The highest BCUT2D eigenvalue weighted by Gasteiger charge is 2.38. The Morgan fingerprint density at radius 2 is 1.80 bits per heavy atom. The molecule has 2 aliphatic rings. The number of aryl methyl sites for hydroxylation is 1. The van der Waals surface area contributed by atoms with Gasteiger partial charge in [-0.25, -0.2) is 9.69 Å². The van der Waals surface area contributed by atoms with Crippen molar-refractivity contribution in [3.05, 3.63) is 64.7 Å². The highest BCUT2D eigenvalue weighted by molar-refractivity contribution is 6.34. The van der Waals surface area contributed by atoms with E-state index >= 15 is 0 Å². The summed E-state index contributed by atoms with van der Waals surface area (Å²) in [7, 11) is 0. The maximum Gasteiger partial charge on any atom is 0.338 e. The molecule has 0 spiro atoms. The lowest BCUT2D eigenvalue weighted by atomic mass is 10.1. The first-order valence-electron chi connectivity index (χ1n) is 9.91. The van der Waals surface area contributed by atoms with Crippen LogP contribution in [0.2, 0.25) is 0 Å². The van der Waals surface area contributed by atoms with Crippen molar-refractivity contribution in [1.29, 1.82) is 0 Å². The van der Waals surface area contributed by atoms with E-state index < -0.39 is 24.4 Å². The van der Waals surface area contributed by atoms with Crippen molar-refractivity contribution in [1.82, 2.24) is 5.32 Å². The fraction of sp³-hybridized carbons (Fsp3) is 0.304. The molecule has 1 heterocycles. The van der Waals surface area contributed by atoms with Crippen LogP contribution in [0.1, 0.15) is 56.4 Å². The number of imide groups is 1. The van der Waals surface area contributed by atoms with E-state index in [-0.39, 0.29) is 28.6 Å². The normalized spacial score (nSPS) is 16.3. The van der Waals surface area contributed by atoms with Crippen LogP contribution in [0.4, 0.5) is 5.69 Å². The molecule has 30 heavy (non-hydrogen) atoms. The number of rotatable bonds is 6. The zero-order chi connectivity index (χ0) is 21.4. The Labute approximate surface area is 174 Å². The molecule has 2 aromatic carbocycles. The predicted octanol–water partition coefficient (Wildman–Crippen LogP) is 2.87. The monoisotopic (exact) mass is 406 g/mol. The summed E-state index contributed by atoms with van der Waals surface area (Å²) in [5.74, 6) is -1.50. The van der Waals surface area contributed by atoms with E-state index in [1.807, 2.05) is 26.0 Å². The molecule has 0 unspecified atom stereocenters. The quantitative estimate of drug-likeness (QED) is 0.588. The number of carbonyl (C=O) groups excluding carboxylic acids is 4. The van der Waals surface area contributed by atoms with Gasteiger partial charge in [0.1, 0.15) is 0 Å². The van der Waals surface area contributed by atoms with Gasteiger partial charge in [-0.2, -0.15) is 0 Å². The van der Waals surface area contributed by atoms with Gasteiger partial charge in [0, 0.05) is 6.04 Å². The summed E-state index contributed by atoms with van der Waals surface area (Å²) in [5.41, 5.74) is 1.79. The van der Waals surface area contributed by atoms with E-state index in [9.17, 15) is 19.2 Å². The molecule has 0 bridgehead atoms. The predicted molar refractivity (Wildman–Crippen MR) is 109 cm³/mol. The molecule has 3 amide bonds. The Morgan fingerprint density at radius 3 is 2.50 bits per heavy atom. The summed E-state index contributed by atoms with van der Waals surface area (Å²) >= 11 is 0. The maximum atomic E-state index is 12.9. The van der Waals surface area contributed by atoms with Crippen LogP contribution in [-0.2, 0) is 9.53 Å². The second-order valence-corrected chi connectivity index (χ2v) is 7.76. The molecule has 1 aliphatic heterocycles. The third kappa shape index (κ3) is 3.70. The number of hydrogen-bond donors (Lipinski definition) is 1. The van der Waals surface area contributed by atoms with Crippen molar-refractivity contribution in [2.45, 2.75) is 32.7 Å². The number of fused-ring (bicyclic) bond motifs is 1. The molecule has 2 aromatic rings. The summed E-state index contributed by atoms with van der Waals surface area (Å²) in [4.78, 5) is 51.1. The van der Waals surface area contributed by atoms with Crippen molar-refractivity contribution in [3.8, 4) is 0 Å². The highest BCUT2D eigenvalue weighted by Crippen LogP contribution is 2.32. The molecule has 7 heteroatoms. The fourth-order valence-corrected chi connectivity index (χ4v) is 3.63. The van der Waals surface area contributed by atoms with Crippen molar-refractivity contribution < 1.29 is 23.9 Å².